The fraction of sp³-hybridized carbons (Fsp3) is 0.545. The summed E-state index contributed by atoms with van der Waals surface area (Å²) < 4.78 is 2.27. The molecule has 0 aliphatic heterocycles. The van der Waals surface area contributed by atoms with E-state index in [9.17, 15) is 14.9 Å². The summed E-state index contributed by atoms with van der Waals surface area (Å²) in [5.74, 6) is 0.0436. The average molecular weight is 365 g/mol. The molecule has 1 amide bonds. The van der Waals surface area contributed by atoms with Crippen molar-refractivity contribution in [2.45, 2.75) is 19.9 Å². The van der Waals surface area contributed by atoms with Crippen molar-refractivity contribution in [3.05, 3.63) is 28.1 Å². The van der Waals surface area contributed by atoms with E-state index in [0.29, 0.717) is 11.6 Å². The van der Waals surface area contributed by atoms with E-state index < -0.39 is 4.92 Å². The predicted octanol–water partition coefficient (Wildman–Crippen LogP) is 2.12. The molecule has 0 aliphatic rings. The second-order valence-corrected chi connectivity index (χ2v) is 5.31. The highest BCUT2D eigenvalue weighted by Gasteiger charge is 2.21. The Bertz CT molecular complexity index is 456. The normalized spacial score (nSPS) is 12.5. The molecule has 0 fully saturated rings. The van der Waals surface area contributed by atoms with Gasteiger partial charge in [0.2, 0.25) is 0 Å². The molecule has 1 unspecified atom stereocenters. The summed E-state index contributed by atoms with van der Waals surface area (Å²) in [6.45, 7) is 4.05. The fourth-order valence-corrected chi connectivity index (χ4v) is 2.74. The number of nitrogens with zero attached hydrogens (tertiary/aromatic N) is 2. The molecular weight excluding hydrogens is 349 g/mol. The standard InChI is InChI=1S/C11H16IN3O3/c1-7(2)9(5-12)13-11(16)10-4-8(15(17)18)6-14(10)3/h4,6-7,9H,5H2,1-3H3,(H,13,16). The lowest BCUT2D eigenvalue weighted by molar-refractivity contribution is -0.384. The number of nitro groups is 1. The van der Waals surface area contributed by atoms with Crippen LogP contribution in [0.1, 0.15) is 24.3 Å². The van der Waals surface area contributed by atoms with Crippen molar-refractivity contribution in [2.24, 2.45) is 13.0 Å². The molecule has 0 aromatic carbocycles. The molecule has 1 aromatic heterocycles. The van der Waals surface area contributed by atoms with Gasteiger partial charge >= 0.3 is 0 Å². The zero-order valence-electron chi connectivity index (χ0n) is 10.5. The van der Waals surface area contributed by atoms with Crippen LogP contribution >= 0.6 is 22.6 Å². The van der Waals surface area contributed by atoms with Crippen LogP contribution in [0, 0.1) is 16.0 Å². The third-order valence-electron chi connectivity index (χ3n) is 2.72. The zero-order chi connectivity index (χ0) is 13.9. The second kappa shape index (κ2) is 6.17. The van der Waals surface area contributed by atoms with Gasteiger partial charge in [-0.15, -0.1) is 0 Å². The highest BCUT2D eigenvalue weighted by Crippen LogP contribution is 2.16. The maximum Gasteiger partial charge on any atom is 0.287 e. The van der Waals surface area contributed by atoms with Gasteiger partial charge < -0.3 is 9.88 Å². The van der Waals surface area contributed by atoms with E-state index in [0.717, 1.165) is 4.43 Å². The molecule has 7 heteroatoms. The number of hydrogen-bond acceptors (Lipinski definition) is 3. The minimum Gasteiger partial charge on any atom is -0.347 e. The van der Waals surface area contributed by atoms with Gasteiger partial charge in [0.15, 0.2) is 0 Å². The molecule has 0 aliphatic carbocycles. The quantitative estimate of drug-likeness (QED) is 0.376. The minimum atomic E-state index is -0.505. The van der Waals surface area contributed by atoms with E-state index in [4.69, 9.17) is 0 Å². The minimum absolute atomic E-state index is 0.0621. The number of rotatable bonds is 5. The molecule has 1 heterocycles. The van der Waals surface area contributed by atoms with Crippen molar-refractivity contribution < 1.29 is 9.72 Å². The lowest BCUT2D eigenvalue weighted by atomic mass is 10.1. The van der Waals surface area contributed by atoms with Gasteiger partial charge in [-0.3, -0.25) is 14.9 Å². The maximum atomic E-state index is 12.0. The van der Waals surface area contributed by atoms with Crippen molar-refractivity contribution in [3.63, 3.8) is 0 Å². The van der Waals surface area contributed by atoms with Crippen molar-refractivity contribution in [1.29, 1.82) is 0 Å². The number of hydrogen-bond donors (Lipinski definition) is 1. The molecule has 1 N–H and O–H groups in total. The monoisotopic (exact) mass is 365 g/mol. The van der Waals surface area contributed by atoms with Crippen molar-refractivity contribution in [1.82, 2.24) is 9.88 Å². The van der Waals surface area contributed by atoms with Crippen LogP contribution in [0.5, 0.6) is 0 Å². The lowest BCUT2D eigenvalue weighted by Gasteiger charge is -2.19. The summed E-state index contributed by atoms with van der Waals surface area (Å²) in [6, 6.07) is 1.35. The molecule has 0 spiro atoms. The van der Waals surface area contributed by atoms with Gasteiger partial charge in [-0.1, -0.05) is 36.4 Å². The Labute approximate surface area is 119 Å². The van der Waals surface area contributed by atoms with E-state index in [1.807, 2.05) is 13.8 Å². The molecular formula is C11H16IN3O3. The number of halogens is 1. The Morgan fingerprint density at radius 2 is 2.22 bits per heavy atom. The second-order valence-electron chi connectivity index (χ2n) is 4.43. The van der Waals surface area contributed by atoms with Crippen LogP contribution in [-0.4, -0.2) is 25.9 Å². The van der Waals surface area contributed by atoms with Gasteiger partial charge in [-0.05, 0) is 5.92 Å². The van der Waals surface area contributed by atoms with E-state index in [2.05, 4.69) is 27.9 Å². The summed E-state index contributed by atoms with van der Waals surface area (Å²) in [6.07, 6.45) is 1.34. The number of carbonyl (C=O) groups is 1. The number of nitrogens with one attached hydrogen (secondary N) is 1. The van der Waals surface area contributed by atoms with Crippen molar-refractivity contribution in [2.75, 3.05) is 4.43 Å². The molecule has 1 aromatic rings. The van der Waals surface area contributed by atoms with Gasteiger partial charge in [0, 0.05) is 23.6 Å². The Balaban J connectivity index is 2.87. The topological polar surface area (TPSA) is 77.2 Å². The summed E-state index contributed by atoms with van der Waals surface area (Å²) in [5.41, 5.74) is 0.232. The van der Waals surface area contributed by atoms with Gasteiger partial charge in [-0.2, -0.15) is 0 Å². The first-order valence-electron chi connectivity index (χ1n) is 5.54. The fourth-order valence-electron chi connectivity index (χ4n) is 1.50. The first-order valence-corrected chi connectivity index (χ1v) is 7.07. The largest absolute Gasteiger partial charge is 0.347 e. The lowest BCUT2D eigenvalue weighted by Crippen LogP contribution is -2.40. The van der Waals surface area contributed by atoms with Crippen LogP contribution in [-0.2, 0) is 7.05 Å². The molecule has 0 radical (unpaired) electrons. The predicted molar refractivity (Wildman–Crippen MR) is 77.0 cm³/mol. The average Bonchev–Trinajstić information content (AvgIpc) is 2.67. The first kappa shape index (κ1) is 14.9. The van der Waals surface area contributed by atoms with Crippen LogP contribution < -0.4 is 5.32 Å². The first-order chi connectivity index (χ1) is 8.36. The van der Waals surface area contributed by atoms with E-state index >= 15 is 0 Å². The Morgan fingerprint density at radius 3 is 2.61 bits per heavy atom. The number of aryl methyl sites for hydroxylation is 1. The van der Waals surface area contributed by atoms with Gasteiger partial charge in [0.25, 0.3) is 11.6 Å². The van der Waals surface area contributed by atoms with E-state index in [1.165, 1.54) is 16.8 Å². The van der Waals surface area contributed by atoms with Crippen LogP contribution in [0.25, 0.3) is 0 Å². The highest BCUT2D eigenvalue weighted by atomic mass is 127. The van der Waals surface area contributed by atoms with Crippen LogP contribution in [0.4, 0.5) is 5.69 Å². The SMILES string of the molecule is CC(C)C(CI)NC(=O)c1cc([N+](=O)[O-])cn1C. The molecule has 0 bridgehead atoms. The van der Waals surface area contributed by atoms with Gasteiger partial charge in [0.1, 0.15) is 5.69 Å². The third kappa shape index (κ3) is 3.44. The maximum absolute atomic E-state index is 12.0. The number of alkyl halides is 1. The smallest absolute Gasteiger partial charge is 0.287 e. The van der Waals surface area contributed by atoms with E-state index in [-0.39, 0.29) is 17.6 Å². The Kier molecular flexibility index (Phi) is 5.12. The number of amides is 1. The third-order valence-corrected chi connectivity index (χ3v) is 3.67. The zero-order valence-corrected chi connectivity index (χ0v) is 12.7. The van der Waals surface area contributed by atoms with Crippen molar-refractivity contribution >= 4 is 34.2 Å². The summed E-state index contributed by atoms with van der Waals surface area (Å²) >= 11 is 2.21. The summed E-state index contributed by atoms with van der Waals surface area (Å²) in [7, 11) is 1.62. The van der Waals surface area contributed by atoms with Crippen LogP contribution in [0.15, 0.2) is 12.3 Å². The van der Waals surface area contributed by atoms with Gasteiger partial charge in [0.05, 0.1) is 11.1 Å². The molecule has 1 atom stereocenters. The number of aromatic nitrogens is 1. The van der Waals surface area contributed by atoms with Crippen LogP contribution in [0.2, 0.25) is 0 Å². The molecule has 6 nitrogen and oxygen atoms in total. The van der Waals surface area contributed by atoms with Crippen LogP contribution in [0.3, 0.4) is 0 Å². The highest BCUT2D eigenvalue weighted by molar-refractivity contribution is 14.1. The Hall–Kier alpha value is -1.12. The summed E-state index contributed by atoms with van der Waals surface area (Å²) in [4.78, 5) is 22.1. The van der Waals surface area contributed by atoms with Crippen molar-refractivity contribution in [3.8, 4) is 0 Å². The molecule has 0 saturated heterocycles. The number of carbonyl (C=O) groups excluding carboxylic acids is 1. The van der Waals surface area contributed by atoms with E-state index in [1.54, 1.807) is 7.05 Å². The molecule has 100 valence electrons. The molecule has 0 saturated carbocycles. The molecule has 1 rings (SSSR count). The molecule has 18 heavy (non-hydrogen) atoms. The van der Waals surface area contributed by atoms with Gasteiger partial charge in [-0.25, -0.2) is 0 Å². The summed E-state index contributed by atoms with van der Waals surface area (Å²) in [5, 5.41) is 13.5. The Morgan fingerprint density at radius 1 is 1.61 bits per heavy atom.